The third-order valence-corrected chi connectivity index (χ3v) is 2.82. The van der Waals surface area contributed by atoms with Gasteiger partial charge in [-0.25, -0.2) is 0 Å². The molecule has 0 aromatic carbocycles. The van der Waals surface area contributed by atoms with E-state index in [4.69, 9.17) is 8.37 Å². The zero-order chi connectivity index (χ0) is 9.35. The number of hydrogen-bond donors (Lipinski definition) is 0. The fourth-order valence-electron chi connectivity index (χ4n) is 1.13. The van der Waals surface area contributed by atoms with Crippen LogP contribution in [0.4, 0.5) is 0 Å². The highest BCUT2D eigenvalue weighted by Gasteiger charge is 2.34. The van der Waals surface area contributed by atoms with Crippen molar-refractivity contribution in [3.05, 3.63) is 0 Å². The summed E-state index contributed by atoms with van der Waals surface area (Å²) in [6.45, 7) is 8.14. The Balaban J connectivity index is 2.62. The molecule has 0 aromatic rings. The van der Waals surface area contributed by atoms with Gasteiger partial charge < -0.3 is 0 Å². The molecule has 0 aliphatic carbocycles. The Morgan fingerprint density at radius 1 is 1.33 bits per heavy atom. The minimum Gasteiger partial charge on any atom is -0.265 e. The summed E-state index contributed by atoms with van der Waals surface area (Å²) in [6.07, 6.45) is 0.876. The topological polar surface area (TPSA) is 35.5 Å². The molecule has 0 saturated carbocycles. The first-order valence-electron chi connectivity index (χ1n) is 4.15. The lowest BCUT2D eigenvalue weighted by Gasteiger charge is -2.34. The second-order valence-electron chi connectivity index (χ2n) is 4.30. The van der Waals surface area contributed by atoms with Gasteiger partial charge >= 0.3 is 11.4 Å². The molecule has 4 heteroatoms. The summed E-state index contributed by atoms with van der Waals surface area (Å²) < 4.78 is 21.1. The fourth-order valence-corrected chi connectivity index (χ4v) is 2.08. The van der Waals surface area contributed by atoms with E-state index in [1.54, 1.807) is 0 Å². The second kappa shape index (κ2) is 3.44. The Hall–Kier alpha value is 0.0700. The van der Waals surface area contributed by atoms with Crippen LogP contribution < -0.4 is 0 Å². The van der Waals surface area contributed by atoms with Gasteiger partial charge in [-0.3, -0.25) is 8.37 Å². The van der Waals surface area contributed by atoms with E-state index in [1.165, 1.54) is 0 Å². The molecule has 0 aromatic heterocycles. The van der Waals surface area contributed by atoms with Crippen LogP contribution in [0.2, 0.25) is 0 Å². The van der Waals surface area contributed by atoms with Crippen LogP contribution in [0.25, 0.3) is 0 Å². The molecule has 0 radical (unpaired) electrons. The second-order valence-corrected chi connectivity index (χ2v) is 5.09. The highest BCUT2D eigenvalue weighted by Crippen LogP contribution is 2.30. The summed E-state index contributed by atoms with van der Waals surface area (Å²) in [5, 5.41) is 0. The van der Waals surface area contributed by atoms with Crippen molar-refractivity contribution in [1.29, 1.82) is 0 Å². The molecule has 1 aliphatic heterocycles. The maximum Gasteiger partial charge on any atom is 0.305 e. The van der Waals surface area contributed by atoms with Crippen molar-refractivity contribution in [2.75, 3.05) is 0 Å². The molecule has 1 aliphatic rings. The molecule has 1 saturated heterocycles. The van der Waals surface area contributed by atoms with Crippen molar-refractivity contribution in [3.63, 3.8) is 0 Å². The Kier molecular flexibility index (Phi) is 2.91. The van der Waals surface area contributed by atoms with Crippen LogP contribution in [0.3, 0.4) is 0 Å². The quantitative estimate of drug-likeness (QED) is 0.587. The predicted molar refractivity (Wildman–Crippen MR) is 47.6 cm³/mol. The van der Waals surface area contributed by atoms with Gasteiger partial charge in [0.05, 0.1) is 12.2 Å². The molecular weight excluding hydrogens is 176 g/mol. The molecule has 1 unspecified atom stereocenters. The maximum atomic E-state index is 11.0. The van der Waals surface area contributed by atoms with E-state index in [1.807, 2.05) is 6.92 Å². The lowest BCUT2D eigenvalue weighted by atomic mass is 9.86. The van der Waals surface area contributed by atoms with Gasteiger partial charge in [-0.2, -0.15) is 4.21 Å². The average Bonchev–Trinajstić information content (AvgIpc) is 1.82. The summed E-state index contributed by atoms with van der Waals surface area (Å²) in [6, 6.07) is 0. The van der Waals surface area contributed by atoms with E-state index in [2.05, 4.69) is 20.8 Å². The van der Waals surface area contributed by atoms with E-state index in [9.17, 15) is 4.21 Å². The average molecular weight is 192 g/mol. The van der Waals surface area contributed by atoms with E-state index in [0.29, 0.717) is 0 Å². The SMILES string of the molecule is C[C@H]1C[C@@H](C(C)(C)C)OS(=O)O1. The third-order valence-electron chi connectivity index (χ3n) is 1.95. The zero-order valence-corrected chi connectivity index (χ0v) is 8.81. The summed E-state index contributed by atoms with van der Waals surface area (Å²) >= 11 is -1.55. The lowest BCUT2D eigenvalue weighted by molar-refractivity contribution is 0.00706. The predicted octanol–water partition coefficient (Wildman–Crippen LogP) is 1.81. The highest BCUT2D eigenvalue weighted by molar-refractivity contribution is 7.75. The van der Waals surface area contributed by atoms with Gasteiger partial charge in [0.15, 0.2) is 0 Å². The molecular formula is C8H16O3S. The van der Waals surface area contributed by atoms with Crippen LogP contribution in [-0.2, 0) is 19.7 Å². The zero-order valence-electron chi connectivity index (χ0n) is 7.99. The molecule has 3 atom stereocenters. The smallest absolute Gasteiger partial charge is 0.265 e. The summed E-state index contributed by atoms with van der Waals surface area (Å²) in [5.41, 5.74) is 0.0354. The molecule has 0 amide bonds. The molecule has 0 N–H and O–H groups in total. The van der Waals surface area contributed by atoms with E-state index in [0.717, 1.165) is 6.42 Å². The highest BCUT2D eigenvalue weighted by atomic mass is 32.2. The largest absolute Gasteiger partial charge is 0.305 e. The van der Waals surface area contributed by atoms with Gasteiger partial charge in [0, 0.05) is 6.42 Å². The van der Waals surface area contributed by atoms with E-state index in [-0.39, 0.29) is 17.6 Å². The van der Waals surface area contributed by atoms with Gasteiger partial charge in [0.2, 0.25) is 0 Å². The molecule has 0 spiro atoms. The van der Waals surface area contributed by atoms with Crippen LogP contribution in [0.5, 0.6) is 0 Å². The maximum absolute atomic E-state index is 11.0. The normalized spacial score (nSPS) is 38.2. The lowest BCUT2D eigenvalue weighted by Crippen LogP contribution is -2.38. The Labute approximate surface area is 76.3 Å². The summed E-state index contributed by atoms with van der Waals surface area (Å²) in [7, 11) is 0. The molecule has 0 bridgehead atoms. The van der Waals surface area contributed by atoms with Crippen molar-refractivity contribution < 1.29 is 12.6 Å². The van der Waals surface area contributed by atoms with Crippen molar-refractivity contribution in [2.24, 2.45) is 5.41 Å². The first-order chi connectivity index (χ1) is 5.39. The van der Waals surface area contributed by atoms with E-state index < -0.39 is 11.4 Å². The van der Waals surface area contributed by atoms with Crippen LogP contribution in [-0.4, -0.2) is 16.4 Å². The van der Waals surface area contributed by atoms with Crippen LogP contribution in [0, 0.1) is 5.41 Å². The van der Waals surface area contributed by atoms with Gasteiger partial charge in [-0.05, 0) is 12.3 Å². The number of hydrogen-bond acceptors (Lipinski definition) is 3. The molecule has 12 heavy (non-hydrogen) atoms. The van der Waals surface area contributed by atoms with Gasteiger partial charge in [-0.1, -0.05) is 20.8 Å². The van der Waals surface area contributed by atoms with Crippen LogP contribution >= 0.6 is 0 Å². The summed E-state index contributed by atoms with van der Waals surface area (Å²) in [4.78, 5) is 0. The monoisotopic (exact) mass is 192 g/mol. The van der Waals surface area contributed by atoms with Crippen molar-refractivity contribution in [1.82, 2.24) is 0 Å². The number of rotatable bonds is 0. The Morgan fingerprint density at radius 2 is 1.92 bits per heavy atom. The fraction of sp³-hybridized carbons (Fsp3) is 1.00. The van der Waals surface area contributed by atoms with Gasteiger partial charge in [-0.15, -0.1) is 0 Å². The standard InChI is InChI=1S/C8H16O3S/c1-6-5-7(8(2,3)4)11-12(9)10-6/h6-7H,5H2,1-4H3/t6-,7-,12?/m0/s1. The Bertz CT molecular complexity index is 185. The third kappa shape index (κ3) is 2.54. The minimum atomic E-state index is -1.55. The van der Waals surface area contributed by atoms with E-state index >= 15 is 0 Å². The first-order valence-corrected chi connectivity index (χ1v) is 5.15. The molecule has 1 rings (SSSR count). The Morgan fingerprint density at radius 3 is 2.33 bits per heavy atom. The van der Waals surface area contributed by atoms with Gasteiger partial charge in [0.1, 0.15) is 0 Å². The summed E-state index contributed by atoms with van der Waals surface area (Å²) in [5.74, 6) is 0. The van der Waals surface area contributed by atoms with Crippen molar-refractivity contribution in [2.45, 2.75) is 46.3 Å². The molecule has 1 fully saturated rings. The molecule has 72 valence electrons. The van der Waals surface area contributed by atoms with Crippen molar-refractivity contribution >= 4 is 11.4 Å². The molecule has 3 nitrogen and oxygen atoms in total. The van der Waals surface area contributed by atoms with Crippen LogP contribution in [0.1, 0.15) is 34.1 Å². The van der Waals surface area contributed by atoms with Crippen LogP contribution in [0.15, 0.2) is 0 Å². The first kappa shape index (κ1) is 10.2. The van der Waals surface area contributed by atoms with Crippen molar-refractivity contribution in [3.8, 4) is 0 Å². The van der Waals surface area contributed by atoms with Gasteiger partial charge in [0.25, 0.3) is 0 Å². The minimum absolute atomic E-state index is 0.0297. The molecule has 1 heterocycles.